The Kier molecular flexibility index (Phi) is 10.6. The second-order valence-corrected chi connectivity index (χ2v) is 14.4. The topological polar surface area (TPSA) is 97.8 Å². The van der Waals surface area contributed by atoms with Gasteiger partial charge in [-0.25, -0.2) is 4.98 Å². The molecule has 1 aliphatic carbocycles. The molecule has 11 nitrogen and oxygen atoms in total. The molecule has 2 aromatic heterocycles. The number of likely N-dealkylation sites (N-methyl/N-ethyl adjacent to an activating group) is 1. The van der Waals surface area contributed by atoms with E-state index in [2.05, 4.69) is 79.1 Å². The molecule has 0 radical (unpaired) electrons. The first kappa shape index (κ1) is 34.3. The summed E-state index contributed by atoms with van der Waals surface area (Å²) >= 11 is 1.63. The highest BCUT2D eigenvalue weighted by Crippen LogP contribution is 2.40. The number of allylic oxidation sites excluding steroid dienone is 2. The third kappa shape index (κ3) is 7.19. The molecule has 2 aliphatic heterocycles. The van der Waals surface area contributed by atoms with Gasteiger partial charge in [-0.2, -0.15) is 4.98 Å². The number of fused-ring (bicyclic) bond motifs is 1. The fourth-order valence-corrected chi connectivity index (χ4v) is 7.95. The molecule has 12 heteroatoms. The summed E-state index contributed by atoms with van der Waals surface area (Å²) in [7, 11) is 6.02. The number of nitrogens with one attached hydrogen (secondary N) is 2. The van der Waals surface area contributed by atoms with Gasteiger partial charge >= 0.3 is 0 Å². The van der Waals surface area contributed by atoms with E-state index in [1.165, 1.54) is 55.8 Å². The van der Waals surface area contributed by atoms with E-state index in [0.717, 1.165) is 84.0 Å². The van der Waals surface area contributed by atoms with Crippen LogP contribution in [0.1, 0.15) is 50.2 Å². The Labute approximate surface area is 300 Å². The molecule has 7 rings (SSSR count). The Hall–Kier alpha value is -4.13. The Bertz CT molecular complexity index is 1830. The van der Waals surface area contributed by atoms with E-state index in [1.807, 2.05) is 19.3 Å². The Morgan fingerprint density at radius 1 is 0.980 bits per heavy atom. The van der Waals surface area contributed by atoms with Crippen LogP contribution < -0.4 is 24.6 Å². The number of nitrogens with zero attached hydrogens (tertiary/aromatic N) is 8. The van der Waals surface area contributed by atoms with E-state index in [1.54, 1.807) is 31.5 Å². The van der Waals surface area contributed by atoms with Gasteiger partial charge in [0.1, 0.15) is 17.1 Å². The van der Waals surface area contributed by atoms with Crippen LogP contribution in [-0.2, 0) is 6.42 Å². The molecule has 3 aliphatic rings. The lowest BCUT2D eigenvalue weighted by atomic mass is 9.99. The maximum atomic E-state index is 6.00. The van der Waals surface area contributed by atoms with Gasteiger partial charge in [-0.1, -0.05) is 24.9 Å². The van der Waals surface area contributed by atoms with Crippen LogP contribution in [0.3, 0.4) is 0 Å². The number of benzene rings is 2. The molecule has 0 amide bonds. The predicted octanol–water partition coefficient (Wildman–Crippen LogP) is 6.98. The number of aromatic nitrogens is 4. The molecule has 4 heterocycles. The van der Waals surface area contributed by atoms with Crippen molar-refractivity contribution >= 4 is 63.1 Å². The third-order valence-corrected chi connectivity index (χ3v) is 11.2. The average molecular weight is 695 g/mol. The lowest BCUT2D eigenvalue weighted by Crippen LogP contribution is -2.52. The standard InChI is InChI=1S/C38H50N10OS/c1-6-26-23-32(34(49-4)24-33(26)48-17-13-28(14-18-48)47-21-19-45(2)20-22-47)43-38-41-25-29(27-9-7-8-10-27)37(44-38)42-31-12-11-30-35(40-16-15-39-30)36(31)46(3)50-5/h9,11-12,15-16,23-25,28H,6-8,10,13-14,17-22H2,1-5H3,(H2,41,42,43,44). The molecule has 4 aromatic rings. The number of methoxy groups -OCH3 is 1. The van der Waals surface area contributed by atoms with Gasteiger partial charge in [0.2, 0.25) is 5.95 Å². The van der Waals surface area contributed by atoms with Crippen molar-refractivity contribution in [3.8, 4) is 5.75 Å². The van der Waals surface area contributed by atoms with Crippen molar-refractivity contribution < 1.29 is 4.74 Å². The van der Waals surface area contributed by atoms with E-state index >= 15 is 0 Å². The maximum Gasteiger partial charge on any atom is 0.229 e. The first-order chi connectivity index (χ1) is 24.4. The van der Waals surface area contributed by atoms with Crippen molar-refractivity contribution in [2.24, 2.45) is 0 Å². The number of anilines is 6. The fourth-order valence-electron chi connectivity index (χ4n) is 7.59. The molecule has 0 bridgehead atoms. The number of rotatable bonds is 11. The van der Waals surface area contributed by atoms with Crippen molar-refractivity contribution in [3.63, 3.8) is 0 Å². The zero-order valence-electron chi connectivity index (χ0n) is 30.1. The summed E-state index contributed by atoms with van der Waals surface area (Å²) in [5.74, 6) is 2.05. The molecule has 2 N–H and O–H groups in total. The summed E-state index contributed by atoms with van der Waals surface area (Å²) in [4.78, 5) is 26.9. The van der Waals surface area contributed by atoms with Crippen LogP contribution in [0.25, 0.3) is 16.6 Å². The molecule has 50 heavy (non-hydrogen) atoms. The lowest BCUT2D eigenvalue weighted by molar-refractivity contribution is 0.0982. The normalized spacial score (nSPS) is 17.6. The van der Waals surface area contributed by atoms with Crippen LogP contribution in [0.5, 0.6) is 5.75 Å². The molecular formula is C38H50N10OS. The minimum Gasteiger partial charge on any atom is -0.494 e. The highest BCUT2D eigenvalue weighted by atomic mass is 32.2. The summed E-state index contributed by atoms with van der Waals surface area (Å²) in [5.41, 5.74) is 9.26. The Morgan fingerprint density at radius 3 is 2.50 bits per heavy atom. The second kappa shape index (κ2) is 15.4. The summed E-state index contributed by atoms with van der Waals surface area (Å²) in [6, 6.07) is 9.16. The minimum atomic E-state index is 0.510. The third-order valence-electron chi connectivity index (χ3n) is 10.5. The molecule has 0 spiro atoms. The highest BCUT2D eigenvalue weighted by molar-refractivity contribution is 7.99. The van der Waals surface area contributed by atoms with Gasteiger partial charge in [-0.15, -0.1) is 0 Å². The van der Waals surface area contributed by atoms with E-state index in [4.69, 9.17) is 19.7 Å². The molecule has 0 saturated carbocycles. The van der Waals surface area contributed by atoms with Crippen LogP contribution in [0.2, 0.25) is 0 Å². The molecule has 2 fully saturated rings. The number of hydrogen-bond donors (Lipinski definition) is 2. The quantitative estimate of drug-likeness (QED) is 0.159. The van der Waals surface area contributed by atoms with Crippen molar-refractivity contribution in [1.82, 2.24) is 29.7 Å². The summed E-state index contributed by atoms with van der Waals surface area (Å²) in [6.07, 6.45) is 16.3. The second-order valence-electron chi connectivity index (χ2n) is 13.5. The number of hydrogen-bond acceptors (Lipinski definition) is 12. The van der Waals surface area contributed by atoms with Gasteiger partial charge in [0.15, 0.2) is 0 Å². The zero-order valence-corrected chi connectivity index (χ0v) is 30.9. The zero-order chi connectivity index (χ0) is 34.6. The van der Waals surface area contributed by atoms with Crippen molar-refractivity contribution in [3.05, 3.63) is 60.1 Å². The first-order valence-electron chi connectivity index (χ1n) is 18.0. The first-order valence-corrected chi connectivity index (χ1v) is 19.1. The smallest absolute Gasteiger partial charge is 0.229 e. The SMILES string of the molecule is CCc1cc(Nc2ncc(C3=CCCC3)c(Nc3ccc4nccnc4c3N(C)SC)n2)c(OC)cc1N1CCC(N2CCN(C)CC2)CC1. The van der Waals surface area contributed by atoms with E-state index in [-0.39, 0.29) is 0 Å². The van der Waals surface area contributed by atoms with Gasteiger partial charge in [-0.05, 0) is 74.9 Å². The monoisotopic (exact) mass is 694 g/mol. The summed E-state index contributed by atoms with van der Waals surface area (Å²) in [5, 5.41) is 7.22. The molecule has 2 aromatic carbocycles. The van der Waals surface area contributed by atoms with Gasteiger partial charge in [0, 0.05) is 94.5 Å². The van der Waals surface area contributed by atoms with Crippen LogP contribution in [0.15, 0.2) is 48.9 Å². The predicted molar refractivity (Wildman–Crippen MR) is 209 cm³/mol. The minimum absolute atomic E-state index is 0.510. The van der Waals surface area contributed by atoms with Crippen molar-refractivity contribution in [2.45, 2.75) is 51.5 Å². The van der Waals surface area contributed by atoms with Gasteiger partial charge < -0.3 is 29.5 Å². The maximum absolute atomic E-state index is 6.00. The number of aryl methyl sites for hydroxylation is 1. The van der Waals surface area contributed by atoms with Crippen LogP contribution in [0.4, 0.5) is 34.5 Å². The number of piperidine rings is 1. The molecule has 2 saturated heterocycles. The molecule has 264 valence electrons. The highest BCUT2D eigenvalue weighted by Gasteiger charge is 2.28. The molecule has 0 atom stereocenters. The Morgan fingerprint density at radius 2 is 1.78 bits per heavy atom. The Balaban J connectivity index is 1.16. The fraction of sp³-hybridized carbons (Fsp3) is 0.474. The largest absolute Gasteiger partial charge is 0.494 e. The van der Waals surface area contributed by atoms with Gasteiger partial charge in [0.05, 0.1) is 29.7 Å². The summed E-state index contributed by atoms with van der Waals surface area (Å²) < 4.78 is 8.11. The van der Waals surface area contributed by atoms with Crippen LogP contribution in [-0.4, -0.2) is 103 Å². The number of piperazine rings is 1. The average Bonchev–Trinajstić information content (AvgIpc) is 3.70. The van der Waals surface area contributed by atoms with E-state index in [9.17, 15) is 0 Å². The molecule has 0 unspecified atom stereocenters. The summed E-state index contributed by atoms with van der Waals surface area (Å²) in [6.45, 7) is 9.05. The van der Waals surface area contributed by atoms with Crippen LogP contribution in [0, 0.1) is 0 Å². The van der Waals surface area contributed by atoms with Gasteiger partial charge in [0.25, 0.3) is 0 Å². The van der Waals surface area contributed by atoms with E-state index in [0.29, 0.717) is 12.0 Å². The van der Waals surface area contributed by atoms with Crippen molar-refractivity contribution in [1.29, 1.82) is 0 Å². The van der Waals surface area contributed by atoms with Gasteiger partial charge in [-0.3, -0.25) is 14.9 Å². The van der Waals surface area contributed by atoms with Crippen LogP contribution >= 0.6 is 11.9 Å². The molecular weight excluding hydrogens is 645 g/mol. The van der Waals surface area contributed by atoms with Crippen molar-refractivity contribution in [2.75, 3.05) is 86.6 Å². The van der Waals surface area contributed by atoms with E-state index < -0.39 is 0 Å². The lowest BCUT2D eigenvalue weighted by Gasteiger charge is -2.43. The number of ether oxygens (including phenoxy) is 1.